The van der Waals surface area contributed by atoms with E-state index in [1.54, 1.807) is 24.3 Å². The van der Waals surface area contributed by atoms with Gasteiger partial charge in [0, 0.05) is 0 Å². The average molecular weight is 277 g/mol. The number of hydrogen-bond donors (Lipinski definition) is 4. The van der Waals surface area contributed by atoms with Crippen molar-refractivity contribution < 1.29 is 9.52 Å². The van der Waals surface area contributed by atoms with Crippen molar-refractivity contribution in [2.24, 2.45) is 5.73 Å². The first-order chi connectivity index (χ1) is 9.00. The zero-order valence-electron chi connectivity index (χ0n) is 9.77. The first-order valence-corrected chi connectivity index (χ1v) is 5.67. The van der Waals surface area contributed by atoms with Crippen molar-refractivity contribution in [1.82, 2.24) is 10.9 Å². The van der Waals surface area contributed by atoms with E-state index in [4.69, 9.17) is 10.2 Å². The standard InChI is InChI=1S/C12H11N3O3S/c1-6(14-15-12(13)19)9-10(16)7-4-2-3-5-8(7)18-11(9)17/h2-5,14,16H,1H2,(H3,13,15,19). The van der Waals surface area contributed by atoms with E-state index in [1.807, 2.05) is 0 Å². The summed E-state index contributed by atoms with van der Waals surface area (Å²) in [5.41, 5.74) is 9.77. The number of benzene rings is 1. The van der Waals surface area contributed by atoms with Gasteiger partial charge in [-0.3, -0.25) is 10.9 Å². The summed E-state index contributed by atoms with van der Waals surface area (Å²) in [6.45, 7) is 3.62. The zero-order chi connectivity index (χ0) is 14.0. The minimum absolute atomic E-state index is 0.0224. The van der Waals surface area contributed by atoms with Crippen LogP contribution in [0.4, 0.5) is 0 Å². The summed E-state index contributed by atoms with van der Waals surface area (Å²) in [6, 6.07) is 6.64. The van der Waals surface area contributed by atoms with Gasteiger partial charge >= 0.3 is 5.63 Å². The molecule has 0 amide bonds. The highest BCUT2D eigenvalue weighted by molar-refractivity contribution is 7.80. The highest BCUT2D eigenvalue weighted by Gasteiger charge is 2.16. The highest BCUT2D eigenvalue weighted by atomic mass is 32.1. The monoisotopic (exact) mass is 277 g/mol. The second kappa shape index (κ2) is 4.99. The lowest BCUT2D eigenvalue weighted by Crippen LogP contribution is -2.40. The largest absolute Gasteiger partial charge is 0.506 e. The maximum absolute atomic E-state index is 11.8. The van der Waals surface area contributed by atoms with Gasteiger partial charge in [0.2, 0.25) is 0 Å². The van der Waals surface area contributed by atoms with Crippen LogP contribution in [-0.4, -0.2) is 10.2 Å². The Bertz CT molecular complexity index is 724. The Hall–Kier alpha value is -2.54. The van der Waals surface area contributed by atoms with Crippen LogP contribution in [0.5, 0.6) is 5.75 Å². The fourth-order valence-electron chi connectivity index (χ4n) is 1.60. The van der Waals surface area contributed by atoms with Crippen LogP contribution >= 0.6 is 12.2 Å². The van der Waals surface area contributed by atoms with Gasteiger partial charge in [-0.05, 0) is 24.4 Å². The number of hydrazine groups is 1. The molecule has 1 aromatic carbocycles. The van der Waals surface area contributed by atoms with Gasteiger partial charge in [-0.25, -0.2) is 4.79 Å². The molecule has 0 unspecified atom stereocenters. The van der Waals surface area contributed by atoms with Crippen molar-refractivity contribution in [1.29, 1.82) is 0 Å². The molecule has 1 heterocycles. The molecule has 1 aromatic heterocycles. The molecule has 5 N–H and O–H groups in total. The summed E-state index contributed by atoms with van der Waals surface area (Å²) in [6.07, 6.45) is 0. The normalized spacial score (nSPS) is 10.1. The molecule has 0 atom stereocenters. The molecule has 0 saturated heterocycles. The second-order valence-corrected chi connectivity index (χ2v) is 4.14. The third-order valence-electron chi connectivity index (χ3n) is 2.42. The van der Waals surface area contributed by atoms with Crippen LogP contribution < -0.4 is 22.2 Å². The maximum atomic E-state index is 11.8. The topological polar surface area (TPSA) is 101 Å². The number of fused-ring (bicyclic) bond motifs is 1. The fourth-order valence-corrected chi connectivity index (χ4v) is 1.65. The Balaban J connectivity index is 2.51. The summed E-state index contributed by atoms with van der Waals surface area (Å²) in [7, 11) is 0. The second-order valence-electron chi connectivity index (χ2n) is 3.70. The van der Waals surface area contributed by atoms with E-state index in [0.29, 0.717) is 11.0 Å². The van der Waals surface area contributed by atoms with E-state index in [9.17, 15) is 9.90 Å². The summed E-state index contributed by atoms with van der Waals surface area (Å²) < 4.78 is 5.09. The molecule has 0 saturated carbocycles. The van der Waals surface area contributed by atoms with E-state index < -0.39 is 5.63 Å². The van der Waals surface area contributed by atoms with E-state index in [-0.39, 0.29) is 22.1 Å². The van der Waals surface area contributed by atoms with Crippen molar-refractivity contribution in [3.8, 4) is 5.75 Å². The lowest BCUT2D eigenvalue weighted by molar-refractivity contribution is 0.464. The van der Waals surface area contributed by atoms with Gasteiger partial charge in [0.1, 0.15) is 16.9 Å². The van der Waals surface area contributed by atoms with Crippen molar-refractivity contribution in [3.05, 3.63) is 46.8 Å². The van der Waals surface area contributed by atoms with Crippen LogP contribution in [0.25, 0.3) is 16.7 Å². The third-order valence-corrected chi connectivity index (χ3v) is 2.53. The number of nitrogens with one attached hydrogen (secondary N) is 2. The number of para-hydroxylation sites is 1. The van der Waals surface area contributed by atoms with Crippen molar-refractivity contribution in [3.63, 3.8) is 0 Å². The Morgan fingerprint density at radius 1 is 1.37 bits per heavy atom. The highest BCUT2D eigenvalue weighted by Crippen LogP contribution is 2.28. The molecule has 0 bridgehead atoms. The minimum Gasteiger partial charge on any atom is -0.506 e. The van der Waals surface area contributed by atoms with Gasteiger partial charge in [0.05, 0.1) is 11.1 Å². The number of hydrogen-bond acceptors (Lipinski definition) is 5. The number of aromatic hydroxyl groups is 1. The Morgan fingerprint density at radius 2 is 2.05 bits per heavy atom. The molecule has 2 rings (SSSR count). The molecule has 0 aliphatic carbocycles. The molecular weight excluding hydrogens is 266 g/mol. The quantitative estimate of drug-likeness (QED) is 0.374. The van der Waals surface area contributed by atoms with Gasteiger partial charge < -0.3 is 15.3 Å². The molecule has 19 heavy (non-hydrogen) atoms. The van der Waals surface area contributed by atoms with Crippen molar-refractivity contribution >= 4 is 34.0 Å². The molecule has 0 aliphatic heterocycles. The molecule has 0 radical (unpaired) electrons. The molecule has 6 nitrogen and oxygen atoms in total. The maximum Gasteiger partial charge on any atom is 0.349 e. The van der Waals surface area contributed by atoms with Gasteiger partial charge in [0.25, 0.3) is 0 Å². The van der Waals surface area contributed by atoms with Gasteiger partial charge in [-0.15, -0.1) is 0 Å². The summed E-state index contributed by atoms with van der Waals surface area (Å²) in [5.74, 6) is -0.214. The van der Waals surface area contributed by atoms with Crippen molar-refractivity contribution in [2.75, 3.05) is 0 Å². The Labute approximate surface area is 113 Å². The van der Waals surface area contributed by atoms with Crippen LogP contribution in [-0.2, 0) is 0 Å². The van der Waals surface area contributed by atoms with Crippen LogP contribution in [0.2, 0.25) is 0 Å². The Kier molecular flexibility index (Phi) is 3.39. The smallest absolute Gasteiger partial charge is 0.349 e. The molecular formula is C12H11N3O3S. The minimum atomic E-state index is -0.710. The third kappa shape index (κ3) is 2.50. The van der Waals surface area contributed by atoms with Gasteiger partial charge in [0.15, 0.2) is 5.11 Å². The van der Waals surface area contributed by atoms with E-state index >= 15 is 0 Å². The predicted octanol–water partition coefficient (Wildman–Crippen LogP) is 0.807. The molecule has 98 valence electrons. The molecule has 2 aromatic rings. The molecule has 0 fully saturated rings. The van der Waals surface area contributed by atoms with Crippen LogP contribution in [0.1, 0.15) is 5.56 Å². The Morgan fingerprint density at radius 3 is 2.74 bits per heavy atom. The summed E-state index contributed by atoms with van der Waals surface area (Å²) in [5, 5.41) is 10.5. The van der Waals surface area contributed by atoms with Crippen molar-refractivity contribution in [2.45, 2.75) is 0 Å². The predicted molar refractivity (Wildman–Crippen MR) is 76.2 cm³/mol. The summed E-state index contributed by atoms with van der Waals surface area (Å²) in [4.78, 5) is 11.8. The number of rotatable bonds is 3. The fraction of sp³-hybridized carbons (Fsp3) is 0. The van der Waals surface area contributed by atoms with E-state index in [0.717, 1.165) is 0 Å². The van der Waals surface area contributed by atoms with E-state index in [2.05, 4.69) is 29.6 Å². The molecule has 7 heteroatoms. The zero-order valence-corrected chi connectivity index (χ0v) is 10.6. The number of thiocarbonyl (C=S) groups is 1. The van der Waals surface area contributed by atoms with E-state index in [1.165, 1.54) is 0 Å². The number of nitrogens with two attached hydrogens (primary N) is 1. The first-order valence-electron chi connectivity index (χ1n) is 5.26. The van der Waals surface area contributed by atoms with Gasteiger partial charge in [-0.2, -0.15) is 0 Å². The molecule has 0 spiro atoms. The molecule has 0 aliphatic rings. The average Bonchev–Trinajstić information content (AvgIpc) is 2.36. The lowest BCUT2D eigenvalue weighted by Gasteiger charge is -2.11. The van der Waals surface area contributed by atoms with Crippen LogP contribution in [0, 0.1) is 0 Å². The van der Waals surface area contributed by atoms with Gasteiger partial charge in [-0.1, -0.05) is 18.7 Å². The summed E-state index contributed by atoms with van der Waals surface area (Å²) >= 11 is 4.61. The van der Waals surface area contributed by atoms with Crippen LogP contribution in [0.15, 0.2) is 40.1 Å². The van der Waals surface area contributed by atoms with Crippen LogP contribution in [0.3, 0.4) is 0 Å². The first kappa shape index (κ1) is 12.9. The lowest BCUT2D eigenvalue weighted by atomic mass is 10.1. The SMILES string of the molecule is C=C(NNC(N)=S)c1c(O)c2ccccc2oc1=O.